The summed E-state index contributed by atoms with van der Waals surface area (Å²) in [5.41, 5.74) is 5.29. The SMILES string of the molecule is NCCCOc1c(Cl)nc(Cl)nc1Cl. The van der Waals surface area contributed by atoms with Crippen LogP contribution in [-0.4, -0.2) is 23.1 Å². The third-order valence-electron chi connectivity index (χ3n) is 1.35. The lowest BCUT2D eigenvalue weighted by molar-refractivity contribution is 0.311. The van der Waals surface area contributed by atoms with E-state index in [0.29, 0.717) is 19.6 Å². The first-order valence-corrected chi connectivity index (χ1v) is 5.00. The van der Waals surface area contributed by atoms with Gasteiger partial charge in [-0.1, -0.05) is 23.2 Å². The first kappa shape index (κ1) is 11.8. The summed E-state index contributed by atoms with van der Waals surface area (Å²) in [6, 6.07) is 0. The van der Waals surface area contributed by atoms with Crippen LogP contribution in [0.5, 0.6) is 5.75 Å². The van der Waals surface area contributed by atoms with Crippen molar-refractivity contribution in [1.82, 2.24) is 9.97 Å². The van der Waals surface area contributed by atoms with Crippen LogP contribution in [-0.2, 0) is 0 Å². The molecule has 1 rings (SSSR count). The summed E-state index contributed by atoms with van der Waals surface area (Å²) < 4.78 is 5.24. The molecule has 78 valence electrons. The van der Waals surface area contributed by atoms with Crippen molar-refractivity contribution in [2.24, 2.45) is 5.73 Å². The molecule has 0 amide bonds. The van der Waals surface area contributed by atoms with E-state index in [9.17, 15) is 0 Å². The molecule has 0 unspecified atom stereocenters. The number of ether oxygens (including phenoxy) is 1. The van der Waals surface area contributed by atoms with Gasteiger partial charge in [-0.3, -0.25) is 0 Å². The first-order chi connectivity index (χ1) is 6.65. The van der Waals surface area contributed by atoms with Gasteiger partial charge in [-0.25, -0.2) is 9.97 Å². The molecule has 0 aromatic carbocycles. The fourth-order valence-electron chi connectivity index (χ4n) is 0.750. The number of hydrogen-bond donors (Lipinski definition) is 1. The second kappa shape index (κ2) is 5.56. The topological polar surface area (TPSA) is 61.0 Å². The largest absolute Gasteiger partial charge is 0.487 e. The summed E-state index contributed by atoms with van der Waals surface area (Å²) in [6.07, 6.45) is 0.704. The third kappa shape index (κ3) is 3.13. The van der Waals surface area contributed by atoms with Crippen LogP contribution in [0.15, 0.2) is 0 Å². The summed E-state index contributed by atoms with van der Waals surface area (Å²) in [4.78, 5) is 7.38. The van der Waals surface area contributed by atoms with Crippen molar-refractivity contribution in [2.45, 2.75) is 6.42 Å². The standard InChI is InChI=1S/C7H8Cl3N3O/c8-5-4(14-3-1-2-11)6(9)13-7(10)12-5/h1-3,11H2. The fraction of sp³-hybridized carbons (Fsp3) is 0.429. The predicted molar refractivity (Wildman–Crippen MR) is 56.2 cm³/mol. The van der Waals surface area contributed by atoms with Crippen molar-refractivity contribution in [3.63, 3.8) is 0 Å². The van der Waals surface area contributed by atoms with Gasteiger partial charge < -0.3 is 10.5 Å². The summed E-state index contributed by atoms with van der Waals surface area (Å²) in [7, 11) is 0. The zero-order valence-electron chi connectivity index (χ0n) is 7.14. The molecule has 0 aliphatic carbocycles. The molecule has 7 heteroatoms. The van der Waals surface area contributed by atoms with Crippen molar-refractivity contribution in [3.8, 4) is 5.75 Å². The van der Waals surface area contributed by atoms with Crippen LogP contribution < -0.4 is 10.5 Å². The number of rotatable bonds is 4. The average molecular weight is 257 g/mol. The second-order valence-corrected chi connectivity index (χ2v) is 3.45. The van der Waals surface area contributed by atoms with Gasteiger partial charge in [0.1, 0.15) is 0 Å². The highest BCUT2D eigenvalue weighted by Gasteiger charge is 2.11. The van der Waals surface area contributed by atoms with Gasteiger partial charge in [-0.05, 0) is 24.6 Å². The van der Waals surface area contributed by atoms with Crippen LogP contribution in [0.3, 0.4) is 0 Å². The molecular weight excluding hydrogens is 248 g/mol. The predicted octanol–water partition coefficient (Wildman–Crippen LogP) is 2.16. The molecule has 1 aromatic rings. The molecule has 0 atom stereocenters. The Morgan fingerprint density at radius 3 is 2.21 bits per heavy atom. The molecule has 0 fully saturated rings. The zero-order valence-corrected chi connectivity index (χ0v) is 9.40. The molecule has 0 aliphatic rings. The maximum Gasteiger partial charge on any atom is 0.225 e. The van der Waals surface area contributed by atoms with E-state index in [0.717, 1.165) is 0 Å². The van der Waals surface area contributed by atoms with E-state index < -0.39 is 0 Å². The Hall–Kier alpha value is -0.290. The molecule has 0 saturated heterocycles. The summed E-state index contributed by atoms with van der Waals surface area (Å²) >= 11 is 17.0. The van der Waals surface area contributed by atoms with Gasteiger partial charge in [-0.2, -0.15) is 0 Å². The number of halogens is 3. The molecule has 0 bridgehead atoms. The van der Waals surface area contributed by atoms with E-state index in [2.05, 4.69) is 9.97 Å². The van der Waals surface area contributed by atoms with Crippen molar-refractivity contribution in [1.29, 1.82) is 0 Å². The average Bonchev–Trinajstić information content (AvgIpc) is 2.09. The molecule has 2 N–H and O–H groups in total. The van der Waals surface area contributed by atoms with Crippen molar-refractivity contribution in [2.75, 3.05) is 13.2 Å². The normalized spacial score (nSPS) is 10.3. The fourth-order valence-corrected chi connectivity index (χ4v) is 1.50. The monoisotopic (exact) mass is 255 g/mol. The number of aromatic nitrogens is 2. The molecule has 0 aliphatic heterocycles. The molecule has 1 aromatic heterocycles. The van der Waals surface area contributed by atoms with Gasteiger partial charge >= 0.3 is 0 Å². The lowest BCUT2D eigenvalue weighted by atomic mass is 10.5. The molecule has 0 saturated carbocycles. The quantitative estimate of drug-likeness (QED) is 0.509. The van der Waals surface area contributed by atoms with E-state index in [-0.39, 0.29) is 21.3 Å². The Morgan fingerprint density at radius 1 is 1.14 bits per heavy atom. The Labute approximate surface area is 96.3 Å². The van der Waals surface area contributed by atoms with Crippen molar-refractivity contribution < 1.29 is 4.74 Å². The van der Waals surface area contributed by atoms with Gasteiger partial charge in [0.2, 0.25) is 5.28 Å². The molecule has 1 heterocycles. The zero-order chi connectivity index (χ0) is 10.6. The number of nitrogens with two attached hydrogens (primary N) is 1. The van der Waals surface area contributed by atoms with Crippen LogP contribution in [0, 0.1) is 0 Å². The molecule has 14 heavy (non-hydrogen) atoms. The van der Waals surface area contributed by atoms with Crippen LogP contribution >= 0.6 is 34.8 Å². The van der Waals surface area contributed by atoms with E-state index in [4.69, 9.17) is 45.3 Å². The van der Waals surface area contributed by atoms with Crippen LogP contribution in [0.2, 0.25) is 15.6 Å². The Bertz CT molecular complexity index is 298. The van der Waals surface area contributed by atoms with Gasteiger partial charge in [0.05, 0.1) is 6.61 Å². The number of hydrogen-bond acceptors (Lipinski definition) is 4. The van der Waals surface area contributed by atoms with Gasteiger partial charge in [-0.15, -0.1) is 0 Å². The van der Waals surface area contributed by atoms with Gasteiger partial charge in [0.15, 0.2) is 16.1 Å². The highest BCUT2D eigenvalue weighted by atomic mass is 35.5. The summed E-state index contributed by atoms with van der Waals surface area (Å²) in [5, 5.41) is 0.199. The van der Waals surface area contributed by atoms with Crippen LogP contribution in [0.25, 0.3) is 0 Å². The maximum atomic E-state index is 5.74. The Morgan fingerprint density at radius 2 is 1.71 bits per heavy atom. The molecule has 0 spiro atoms. The first-order valence-electron chi connectivity index (χ1n) is 3.86. The minimum atomic E-state index is -0.00817. The maximum absolute atomic E-state index is 5.74. The Kier molecular flexibility index (Phi) is 4.68. The lowest BCUT2D eigenvalue weighted by Crippen LogP contribution is -2.07. The molecule has 0 radical (unpaired) electrons. The van der Waals surface area contributed by atoms with E-state index in [1.54, 1.807) is 0 Å². The van der Waals surface area contributed by atoms with Crippen LogP contribution in [0.1, 0.15) is 6.42 Å². The van der Waals surface area contributed by atoms with E-state index in [1.165, 1.54) is 0 Å². The van der Waals surface area contributed by atoms with E-state index in [1.807, 2.05) is 0 Å². The lowest BCUT2D eigenvalue weighted by Gasteiger charge is -2.07. The molecule has 4 nitrogen and oxygen atoms in total. The minimum absolute atomic E-state index is 0.00817. The van der Waals surface area contributed by atoms with Gasteiger partial charge in [0, 0.05) is 0 Å². The Balaban J connectivity index is 2.75. The summed E-state index contributed by atoms with van der Waals surface area (Å²) in [6.45, 7) is 0.949. The minimum Gasteiger partial charge on any atom is -0.487 e. The number of nitrogens with zero attached hydrogens (tertiary/aromatic N) is 2. The van der Waals surface area contributed by atoms with E-state index >= 15 is 0 Å². The smallest absolute Gasteiger partial charge is 0.225 e. The molecular formula is C7H8Cl3N3O. The van der Waals surface area contributed by atoms with Crippen molar-refractivity contribution >= 4 is 34.8 Å². The third-order valence-corrected chi connectivity index (χ3v) is 2.03. The van der Waals surface area contributed by atoms with Gasteiger partial charge in [0.25, 0.3) is 0 Å². The summed E-state index contributed by atoms with van der Waals surface area (Å²) in [5.74, 6) is 0.242. The van der Waals surface area contributed by atoms with Crippen LogP contribution in [0.4, 0.5) is 0 Å². The second-order valence-electron chi connectivity index (χ2n) is 2.39. The highest BCUT2D eigenvalue weighted by Crippen LogP contribution is 2.30. The van der Waals surface area contributed by atoms with Crippen molar-refractivity contribution in [3.05, 3.63) is 15.6 Å². The highest BCUT2D eigenvalue weighted by molar-refractivity contribution is 6.37.